The highest BCUT2D eigenvalue weighted by atomic mass is 16.5. The molecule has 1 aromatic heterocycles. The SMILES string of the molecule is CCOc1ncccc1C(=O)N1CCC[C@H]2CN(C(=O)CCC3CCCO3)C[C@H]21. The van der Waals surface area contributed by atoms with Gasteiger partial charge in [0.25, 0.3) is 5.91 Å². The van der Waals surface area contributed by atoms with E-state index in [0.717, 1.165) is 51.8 Å². The van der Waals surface area contributed by atoms with Gasteiger partial charge in [-0.05, 0) is 57.1 Å². The first kappa shape index (κ1) is 20.1. The monoisotopic (exact) mass is 401 g/mol. The second kappa shape index (κ2) is 9.11. The van der Waals surface area contributed by atoms with Crippen molar-refractivity contribution in [2.75, 3.05) is 32.8 Å². The molecule has 4 heterocycles. The summed E-state index contributed by atoms with van der Waals surface area (Å²) in [6.07, 6.45) is 7.42. The Kier molecular flexibility index (Phi) is 6.33. The highest BCUT2D eigenvalue weighted by Crippen LogP contribution is 2.33. The summed E-state index contributed by atoms with van der Waals surface area (Å²) >= 11 is 0. The number of hydrogen-bond donors (Lipinski definition) is 0. The van der Waals surface area contributed by atoms with Crippen LogP contribution in [0.1, 0.15) is 55.8 Å². The molecule has 0 N–H and O–H groups in total. The van der Waals surface area contributed by atoms with Crippen LogP contribution in [0.2, 0.25) is 0 Å². The first-order valence-electron chi connectivity index (χ1n) is 11.0. The number of likely N-dealkylation sites (tertiary alicyclic amines) is 2. The van der Waals surface area contributed by atoms with Gasteiger partial charge in [0, 0.05) is 38.9 Å². The molecule has 158 valence electrons. The zero-order chi connectivity index (χ0) is 20.2. The third-order valence-electron chi connectivity index (χ3n) is 6.38. The van der Waals surface area contributed by atoms with Gasteiger partial charge in [-0.15, -0.1) is 0 Å². The van der Waals surface area contributed by atoms with Crippen molar-refractivity contribution in [3.8, 4) is 5.88 Å². The van der Waals surface area contributed by atoms with E-state index in [2.05, 4.69) is 4.98 Å². The van der Waals surface area contributed by atoms with E-state index in [1.165, 1.54) is 0 Å². The van der Waals surface area contributed by atoms with Gasteiger partial charge in [0.15, 0.2) is 0 Å². The minimum Gasteiger partial charge on any atom is -0.477 e. The molecule has 29 heavy (non-hydrogen) atoms. The van der Waals surface area contributed by atoms with E-state index < -0.39 is 0 Å². The summed E-state index contributed by atoms with van der Waals surface area (Å²) in [6.45, 7) is 5.28. The van der Waals surface area contributed by atoms with Crippen LogP contribution in [0.15, 0.2) is 18.3 Å². The van der Waals surface area contributed by atoms with Crippen LogP contribution in [0.25, 0.3) is 0 Å². The van der Waals surface area contributed by atoms with Gasteiger partial charge in [-0.1, -0.05) is 0 Å². The van der Waals surface area contributed by atoms with E-state index in [0.29, 0.717) is 36.9 Å². The smallest absolute Gasteiger partial charge is 0.259 e. The highest BCUT2D eigenvalue weighted by Gasteiger charge is 2.43. The molecule has 0 spiro atoms. The number of amides is 2. The molecule has 4 rings (SSSR count). The van der Waals surface area contributed by atoms with Gasteiger partial charge in [-0.2, -0.15) is 0 Å². The molecule has 7 nitrogen and oxygen atoms in total. The number of carbonyl (C=O) groups is 2. The van der Waals surface area contributed by atoms with Crippen molar-refractivity contribution in [3.05, 3.63) is 23.9 Å². The highest BCUT2D eigenvalue weighted by molar-refractivity contribution is 5.96. The van der Waals surface area contributed by atoms with Crippen molar-refractivity contribution in [3.63, 3.8) is 0 Å². The Labute approximate surface area is 172 Å². The number of fused-ring (bicyclic) bond motifs is 1. The lowest BCUT2D eigenvalue weighted by molar-refractivity contribution is -0.131. The van der Waals surface area contributed by atoms with Crippen LogP contribution >= 0.6 is 0 Å². The molecule has 3 aliphatic rings. The number of nitrogens with zero attached hydrogens (tertiary/aromatic N) is 3. The topological polar surface area (TPSA) is 72.0 Å². The van der Waals surface area contributed by atoms with Crippen LogP contribution in [0.4, 0.5) is 0 Å². The maximum atomic E-state index is 13.3. The van der Waals surface area contributed by atoms with Crippen LogP contribution < -0.4 is 4.74 Å². The quantitative estimate of drug-likeness (QED) is 0.732. The number of ether oxygens (including phenoxy) is 2. The van der Waals surface area contributed by atoms with Gasteiger partial charge < -0.3 is 19.3 Å². The van der Waals surface area contributed by atoms with Crippen LogP contribution in [-0.2, 0) is 9.53 Å². The number of pyridine rings is 1. The largest absolute Gasteiger partial charge is 0.477 e. The Bertz CT molecular complexity index is 735. The third-order valence-corrected chi connectivity index (χ3v) is 6.38. The fourth-order valence-corrected chi connectivity index (χ4v) is 4.91. The van der Waals surface area contributed by atoms with E-state index in [4.69, 9.17) is 9.47 Å². The average Bonchev–Trinajstić information content (AvgIpc) is 3.41. The number of rotatable bonds is 6. The Morgan fingerprint density at radius 2 is 2.17 bits per heavy atom. The van der Waals surface area contributed by atoms with Crippen LogP contribution in [-0.4, -0.2) is 71.6 Å². The minimum atomic E-state index is -0.0371. The minimum absolute atomic E-state index is 0.0371. The molecular weight excluding hydrogens is 370 g/mol. The normalized spacial score (nSPS) is 26.4. The van der Waals surface area contributed by atoms with Crippen LogP contribution in [0, 0.1) is 5.92 Å². The first-order chi connectivity index (χ1) is 14.2. The maximum absolute atomic E-state index is 13.3. The Morgan fingerprint density at radius 1 is 1.28 bits per heavy atom. The Morgan fingerprint density at radius 3 is 2.97 bits per heavy atom. The molecule has 3 atom stereocenters. The summed E-state index contributed by atoms with van der Waals surface area (Å²) in [5.41, 5.74) is 0.512. The molecule has 2 amide bonds. The van der Waals surface area contributed by atoms with Gasteiger partial charge in [0.1, 0.15) is 5.56 Å². The van der Waals surface area contributed by atoms with Gasteiger partial charge in [0.2, 0.25) is 11.8 Å². The zero-order valence-corrected chi connectivity index (χ0v) is 17.2. The average molecular weight is 402 g/mol. The molecule has 7 heteroatoms. The fraction of sp³-hybridized carbons (Fsp3) is 0.682. The van der Waals surface area contributed by atoms with Crippen molar-refractivity contribution < 1.29 is 19.1 Å². The predicted octanol–water partition coefficient (Wildman–Crippen LogP) is 2.50. The number of piperidine rings is 1. The first-order valence-corrected chi connectivity index (χ1v) is 11.0. The van der Waals surface area contributed by atoms with E-state index in [9.17, 15) is 9.59 Å². The van der Waals surface area contributed by atoms with Crippen molar-refractivity contribution >= 4 is 11.8 Å². The van der Waals surface area contributed by atoms with Crippen LogP contribution in [0.5, 0.6) is 5.88 Å². The van der Waals surface area contributed by atoms with Gasteiger partial charge in [0.05, 0.1) is 18.8 Å². The summed E-state index contributed by atoms with van der Waals surface area (Å²) in [7, 11) is 0. The fourth-order valence-electron chi connectivity index (χ4n) is 4.91. The second-order valence-corrected chi connectivity index (χ2v) is 8.23. The molecule has 3 fully saturated rings. The third kappa shape index (κ3) is 4.39. The molecule has 1 unspecified atom stereocenters. The summed E-state index contributed by atoms with van der Waals surface area (Å²) < 4.78 is 11.2. The second-order valence-electron chi connectivity index (χ2n) is 8.23. The molecule has 1 aromatic rings. The molecule has 0 bridgehead atoms. The van der Waals surface area contributed by atoms with Gasteiger partial charge in [-0.25, -0.2) is 4.98 Å². The van der Waals surface area contributed by atoms with E-state index >= 15 is 0 Å². The number of aromatic nitrogens is 1. The van der Waals surface area contributed by atoms with Gasteiger partial charge in [-0.3, -0.25) is 9.59 Å². The molecule has 0 aliphatic carbocycles. The van der Waals surface area contributed by atoms with Gasteiger partial charge >= 0.3 is 0 Å². The summed E-state index contributed by atoms with van der Waals surface area (Å²) in [6, 6.07) is 3.63. The summed E-state index contributed by atoms with van der Waals surface area (Å²) in [4.78, 5) is 34.2. The summed E-state index contributed by atoms with van der Waals surface area (Å²) in [5.74, 6) is 0.903. The molecule has 3 saturated heterocycles. The Balaban J connectivity index is 1.41. The van der Waals surface area contributed by atoms with Crippen molar-refractivity contribution in [1.82, 2.24) is 14.8 Å². The molecule has 3 aliphatic heterocycles. The maximum Gasteiger partial charge on any atom is 0.259 e. The van der Waals surface area contributed by atoms with E-state index in [1.807, 2.05) is 16.7 Å². The van der Waals surface area contributed by atoms with Crippen molar-refractivity contribution in [2.24, 2.45) is 5.92 Å². The molecule has 0 saturated carbocycles. The number of carbonyl (C=O) groups excluding carboxylic acids is 2. The number of hydrogen-bond acceptors (Lipinski definition) is 5. The lowest BCUT2D eigenvalue weighted by Gasteiger charge is -2.37. The molecule has 0 aromatic carbocycles. The standard InChI is InChI=1S/C22H31N3O4/c1-2-28-21-18(8-3-11-23-21)22(27)25-12-4-6-16-14-24(15-19(16)25)20(26)10-9-17-7-5-13-29-17/h3,8,11,16-17,19H,2,4-7,9-10,12-15H2,1H3/t16-,17?,19+/m0/s1. The Hall–Kier alpha value is -2.15. The van der Waals surface area contributed by atoms with Crippen molar-refractivity contribution in [2.45, 2.75) is 57.6 Å². The zero-order valence-electron chi connectivity index (χ0n) is 17.2. The van der Waals surface area contributed by atoms with Crippen molar-refractivity contribution in [1.29, 1.82) is 0 Å². The lowest BCUT2D eigenvalue weighted by atomic mass is 9.91. The molecule has 0 radical (unpaired) electrons. The predicted molar refractivity (Wildman–Crippen MR) is 108 cm³/mol. The van der Waals surface area contributed by atoms with E-state index in [-0.39, 0.29) is 24.0 Å². The van der Waals surface area contributed by atoms with Crippen LogP contribution in [0.3, 0.4) is 0 Å². The molecular formula is C22H31N3O4. The van der Waals surface area contributed by atoms with E-state index in [1.54, 1.807) is 18.3 Å². The lowest BCUT2D eigenvalue weighted by Crippen LogP contribution is -2.48. The summed E-state index contributed by atoms with van der Waals surface area (Å²) in [5, 5.41) is 0.